The zero-order chi connectivity index (χ0) is 10.3. The van der Waals surface area contributed by atoms with Crippen molar-refractivity contribution in [3.05, 3.63) is 0 Å². The van der Waals surface area contributed by atoms with Crippen LogP contribution in [-0.4, -0.2) is 49.2 Å². The average molecular weight is 189 g/mol. The number of ether oxygens (including phenoxy) is 1. The molecule has 0 saturated heterocycles. The molecule has 0 atom stereocenters. The quantitative estimate of drug-likeness (QED) is 0.636. The van der Waals surface area contributed by atoms with Crippen molar-refractivity contribution in [3.63, 3.8) is 0 Å². The van der Waals surface area contributed by atoms with Crippen LogP contribution in [0.4, 0.5) is 0 Å². The molecule has 0 aromatic rings. The summed E-state index contributed by atoms with van der Waals surface area (Å²) in [5, 5.41) is 8.32. The van der Waals surface area contributed by atoms with Crippen molar-refractivity contribution in [2.45, 2.75) is 12.8 Å². The van der Waals surface area contributed by atoms with Crippen molar-refractivity contribution >= 4 is 11.9 Å². The van der Waals surface area contributed by atoms with Crippen LogP contribution in [0.1, 0.15) is 12.8 Å². The summed E-state index contributed by atoms with van der Waals surface area (Å²) < 4.78 is 4.78. The van der Waals surface area contributed by atoms with Crippen molar-refractivity contribution in [2.75, 3.05) is 27.3 Å². The van der Waals surface area contributed by atoms with Crippen LogP contribution in [0.25, 0.3) is 0 Å². The normalized spacial score (nSPS) is 9.69. The smallest absolute Gasteiger partial charge is 0.303 e. The van der Waals surface area contributed by atoms with Gasteiger partial charge in [-0.3, -0.25) is 9.59 Å². The maximum atomic E-state index is 11.2. The number of carboxylic acids is 1. The van der Waals surface area contributed by atoms with Gasteiger partial charge in [0.15, 0.2) is 0 Å². The molecule has 0 rings (SSSR count). The predicted octanol–water partition coefficient (Wildman–Crippen LogP) is -0.0440. The fraction of sp³-hybridized carbons (Fsp3) is 0.750. The molecular weight excluding hydrogens is 174 g/mol. The third-order valence-corrected chi connectivity index (χ3v) is 1.61. The second-order valence-corrected chi connectivity index (χ2v) is 2.70. The Balaban J connectivity index is 3.63. The first-order valence-corrected chi connectivity index (χ1v) is 4.02. The zero-order valence-electron chi connectivity index (χ0n) is 7.95. The van der Waals surface area contributed by atoms with Gasteiger partial charge in [-0.05, 0) is 0 Å². The molecule has 0 spiro atoms. The molecule has 0 saturated carbocycles. The molecule has 1 N–H and O–H groups in total. The number of hydrogen-bond donors (Lipinski definition) is 1. The van der Waals surface area contributed by atoms with Gasteiger partial charge in [-0.25, -0.2) is 0 Å². The molecule has 5 heteroatoms. The lowest BCUT2D eigenvalue weighted by Crippen LogP contribution is -2.30. The minimum atomic E-state index is -0.950. The lowest BCUT2D eigenvalue weighted by atomic mass is 10.3. The molecule has 0 fully saturated rings. The van der Waals surface area contributed by atoms with E-state index < -0.39 is 5.97 Å². The predicted molar refractivity (Wildman–Crippen MR) is 46.4 cm³/mol. The first-order chi connectivity index (χ1) is 6.07. The van der Waals surface area contributed by atoms with Gasteiger partial charge < -0.3 is 14.7 Å². The van der Waals surface area contributed by atoms with Gasteiger partial charge in [0.05, 0.1) is 13.0 Å². The lowest BCUT2D eigenvalue weighted by Gasteiger charge is -2.15. The Hall–Kier alpha value is -1.10. The largest absolute Gasteiger partial charge is 0.481 e. The Kier molecular flexibility index (Phi) is 5.88. The van der Waals surface area contributed by atoms with E-state index >= 15 is 0 Å². The summed E-state index contributed by atoms with van der Waals surface area (Å²) in [6, 6.07) is 0. The number of rotatable bonds is 6. The number of carboxylic acid groups (broad SMARTS) is 1. The highest BCUT2D eigenvalue weighted by molar-refractivity contribution is 5.80. The highest BCUT2D eigenvalue weighted by Crippen LogP contribution is 1.95. The summed E-state index contributed by atoms with van der Waals surface area (Å²) >= 11 is 0. The highest BCUT2D eigenvalue weighted by atomic mass is 16.5. The van der Waals surface area contributed by atoms with Gasteiger partial charge in [0.2, 0.25) is 5.91 Å². The molecular formula is C8H15NO4. The van der Waals surface area contributed by atoms with E-state index in [0.717, 1.165) is 0 Å². The molecule has 0 heterocycles. The number of carbonyl (C=O) groups excluding carboxylic acids is 1. The number of aliphatic carboxylic acids is 1. The van der Waals surface area contributed by atoms with Gasteiger partial charge in [0.1, 0.15) is 0 Å². The summed E-state index contributed by atoms with van der Waals surface area (Å²) in [4.78, 5) is 22.8. The molecule has 13 heavy (non-hydrogen) atoms. The Morgan fingerprint density at radius 1 is 1.38 bits per heavy atom. The van der Waals surface area contributed by atoms with Gasteiger partial charge in [0.25, 0.3) is 0 Å². The number of nitrogens with zero attached hydrogens (tertiary/aromatic N) is 1. The van der Waals surface area contributed by atoms with Crippen molar-refractivity contribution in [1.82, 2.24) is 4.90 Å². The van der Waals surface area contributed by atoms with E-state index in [-0.39, 0.29) is 18.7 Å². The Labute approximate surface area is 77.3 Å². The zero-order valence-corrected chi connectivity index (χ0v) is 7.95. The minimum Gasteiger partial charge on any atom is -0.481 e. The van der Waals surface area contributed by atoms with Gasteiger partial charge in [0, 0.05) is 27.1 Å². The number of methoxy groups -OCH3 is 1. The van der Waals surface area contributed by atoms with Crippen LogP contribution in [0.5, 0.6) is 0 Å². The van der Waals surface area contributed by atoms with Crippen molar-refractivity contribution in [3.8, 4) is 0 Å². The van der Waals surface area contributed by atoms with Crippen LogP contribution in [0.15, 0.2) is 0 Å². The van der Waals surface area contributed by atoms with Gasteiger partial charge in [-0.15, -0.1) is 0 Å². The van der Waals surface area contributed by atoms with Crippen LogP contribution in [0.3, 0.4) is 0 Å². The molecule has 0 bridgehead atoms. The highest BCUT2D eigenvalue weighted by Gasteiger charge is 2.09. The maximum Gasteiger partial charge on any atom is 0.303 e. The molecule has 0 aliphatic rings. The number of carbonyl (C=O) groups is 2. The number of amides is 1. The minimum absolute atomic E-state index is 0.0511. The molecule has 0 unspecified atom stereocenters. The Morgan fingerprint density at radius 3 is 2.46 bits per heavy atom. The molecule has 1 amide bonds. The van der Waals surface area contributed by atoms with Crippen molar-refractivity contribution < 1.29 is 19.4 Å². The van der Waals surface area contributed by atoms with E-state index in [1.165, 1.54) is 4.90 Å². The van der Waals surface area contributed by atoms with Crippen molar-refractivity contribution in [1.29, 1.82) is 0 Å². The van der Waals surface area contributed by atoms with E-state index in [0.29, 0.717) is 13.2 Å². The van der Waals surface area contributed by atoms with Crippen LogP contribution in [0, 0.1) is 0 Å². The molecule has 0 aromatic carbocycles. The summed E-state index contributed by atoms with van der Waals surface area (Å²) in [5.41, 5.74) is 0. The third kappa shape index (κ3) is 6.10. The number of likely N-dealkylation sites (N-methyl/N-ethyl adjacent to an activating group) is 1. The average Bonchev–Trinajstić information content (AvgIpc) is 2.10. The van der Waals surface area contributed by atoms with Gasteiger partial charge in [-0.2, -0.15) is 0 Å². The summed E-state index contributed by atoms with van der Waals surface area (Å²) in [5.74, 6) is -1.12. The topological polar surface area (TPSA) is 66.8 Å². The second kappa shape index (κ2) is 6.42. The molecule has 0 aromatic heterocycles. The molecule has 76 valence electrons. The summed E-state index contributed by atoms with van der Waals surface area (Å²) in [6.07, 6.45) is -0.0638. The van der Waals surface area contributed by atoms with E-state index in [1.54, 1.807) is 14.2 Å². The Bertz CT molecular complexity index is 181. The molecule has 0 aliphatic carbocycles. The molecule has 0 radical (unpaired) electrons. The fourth-order valence-corrected chi connectivity index (χ4v) is 0.758. The standard InChI is InChI=1S/C8H15NO4/c1-9(5-6-13-2)7(10)3-4-8(11)12/h3-6H2,1-2H3,(H,11,12). The summed E-state index contributed by atoms with van der Waals surface area (Å²) in [7, 11) is 3.18. The Morgan fingerprint density at radius 2 is 2.00 bits per heavy atom. The first-order valence-electron chi connectivity index (χ1n) is 4.02. The van der Waals surface area contributed by atoms with Crippen LogP contribution in [-0.2, 0) is 14.3 Å². The third-order valence-electron chi connectivity index (χ3n) is 1.61. The molecule has 0 aliphatic heterocycles. The maximum absolute atomic E-state index is 11.2. The second-order valence-electron chi connectivity index (χ2n) is 2.70. The molecule has 5 nitrogen and oxygen atoms in total. The fourth-order valence-electron chi connectivity index (χ4n) is 0.758. The number of hydrogen-bond acceptors (Lipinski definition) is 3. The van der Waals surface area contributed by atoms with Crippen LogP contribution in [0.2, 0.25) is 0 Å². The van der Waals surface area contributed by atoms with Gasteiger partial charge in [-0.1, -0.05) is 0 Å². The first kappa shape index (κ1) is 11.9. The van der Waals surface area contributed by atoms with Crippen LogP contribution >= 0.6 is 0 Å². The van der Waals surface area contributed by atoms with E-state index in [9.17, 15) is 9.59 Å². The summed E-state index contributed by atoms with van der Waals surface area (Å²) in [6.45, 7) is 0.963. The van der Waals surface area contributed by atoms with Crippen molar-refractivity contribution in [2.24, 2.45) is 0 Å². The van der Waals surface area contributed by atoms with E-state index in [4.69, 9.17) is 9.84 Å². The lowest BCUT2D eigenvalue weighted by molar-refractivity contribution is -0.140. The SMILES string of the molecule is COCCN(C)C(=O)CCC(=O)O. The van der Waals surface area contributed by atoms with Gasteiger partial charge >= 0.3 is 5.97 Å². The van der Waals surface area contributed by atoms with E-state index in [2.05, 4.69) is 0 Å². The van der Waals surface area contributed by atoms with E-state index in [1.807, 2.05) is 0 Å². The monoisotopic (exact) mass is 189 g/mol. The van der Waals surface area contributed by atoms with Crippen LogP contribution < -0.4 is 0 Å².